The third-order valence-electron chi connectivity index (χ3n) is 19.5. The first-order valence-corrected chi connectivity index (χ1v) is 25.3. The van der Waals surface area contributed by atoms with Gasteiger partial charge >= 0.3 is 0 Å². The number of benzene rings is 4. The summed E-state index contributed by atoms with van der Waals surface area (Å²) in [5.74, 6) is 12.2. The van der Waals surface area contributed by atoms with E-state index in [4.69, 9.17) is 31.4 Å². The zero-order valence-corrected chi connectivity index (χ0v) is 38.1. The third-order valence-corrected chi connectivity index (χ3v) is 19.5. The second-order valence-corrected chi connectivity index (χ2v) is 24.1. The van der Waals surface area contributed by atoms with Gasteiger partial charge in [0.2, 0.25) is 0 Å². The van der Waals surface area contributed by atoms with Crippen molar-refractivity contribution in [3.05, 3.63) is 88.0 Å². The summed E-state index contributed by atoms with van der Waals surface area (Å²) in [5, 5.41) is 0. The van der Waals surface area contributed by atoms with E-state index in [-0.39, 0.29) is 16.2 Å². The number of hydrogen-bond acceptors (Lipinski definition) is 6. The summed E-state index contributed by atoms with van der Waals surface area (Å²) < 4.78 is 23.6. The molecule has 0 atom stereocenters. The topological polar surface area (TPSA) is 106 Å². The molecule has 0 aromatic heterocycles. The first-order chi connectivity index (χ1) is 30.4. The highest BCUT2D eigenvalue weighted by atomic mass is 16.5. The average Bonchev–Trinajstić information content (AvgIpc) is 3.20. The van der Waals surface area contributed by atoms with E-state index in [0.29, 0.717) is 0 Å². The molecule has 4 aromatic carbocycles. The van der Waals surface area contributed by atoms with Crippen molar-refractivity contribution in [3.8, 4) is 34.5 Å². The number of aryl methyl sites for hydroxylation is 3. The van der Waals surface area contributed by atoms with Gasteiger partial charge in [0.1, 0.15) is 34.5 Å². The van der Waals surface area contributed by atoms with Crippen molar-refractivity contribution in [3.63, 3.8) is 0 Å². The zero-order valence-electron chi connectivity index (χ0n) is 38.1. The number of ether oxygens (including phenoxy) is 3. The van der Waals surface area contributed by atoms with E-state index in [1.807, 2.05) is 0 Å². The van der Waals surface area contributed by atoms with Crippen LogP contribution in [0.5, 0.6) is 34.5 Å². The molecule has 12 saturated carbocycles. The highest BCUT2D eigenvalue weighted by Gasteiger charge is 2.61. The Labute approximate surface area is 375 Å². The fourth-order valence-corrected chi connectivity index (χ4v) is 18.1. The molecule has 6 nitrogen and oxygen atoms in total. The quantitative estimate of drug-likeness (QED) is 0.145. The molecule has 12 bridgehead atoms. The summed E-state index contributed by atoms with van der Waals surface area (Å²) in [5.41, 5.74) is 29.8. The van der Waals surface area contributed by atoms with Gasteiger partial charge in [0.05, 0.1) is 0 Å². The first kappa shape index (κ1) is 39.1. The minimum Gasteiger partial charge on any atom is -0.456 e. The Morgan fingerprint density at radius 1 is 0.349 bits per heavy atom. The van der Waals surface area contributed by atoms with E-state index in [1.165, 1.54) is 132 Å². The summed E-state index contributed by atoms with van der Waals surface area (Å²) in [6.07, 6.45) is 23.1. The SMILES string of the molecule is Cc1ccc(Oc2c(C34CC5CC(CC(C5)C3)C4)c(Oc3ccc(C)c(N)c3)c(C34CC5CC(CC(C5)C3)C4)c(Oc3ccc(C)c(N)c3)c2C23CC4CC(CC(C4)C2)C3)cc1N. The van der Waals surface area contributed by atoms with Crippen molar-refractivity contribution in [2.45, 2.75) is 153 Å². The molecule has 0 heterocycles. The van der Waals surface area contributed by atoms with Gasteiger partial charge in [-0.25, -0.2) is 0 Å². The maximum absolute atomic E-state index is 7.88. The monoisotopic (exact) mass is 844 g/mol. The van der Waals surface area contributed by atoms with Gasteiger partial charge in [-0.05, 0) is 224 Å². The molecule has 0 unspecified atom stereocenters. The lowest BCUT2D eigenvalue weighted by molar-refractivity contribution is -0.0152. The van der Waals surface area contributed by atoms with Gasteiger partial charge in [0, 0.05) is 68.2 Å². The Hall–Kier alpha value is -4.32. The second kappa shape index (κ2) is 13.8. The lowest BCUT2D eigenvalue weighted by Crippen LogP contribution is -2.52. The molecule has 12 aliphatic rings. The van der Waals surface area contributed by atoms with E-state index >= 15 is 0 Å². The highest BCUT2D eigenvalue weighted by Crippen LogP contribution is 2.73. The van der Waals surface area contributed by atoms with Crippen LogP contribution in [0.4, 0.5) is 17.1 Å². The van der Waals surface area contributed by atoms with Gasteiger partial charge in [0.15, 0.2) is 0 Å². The Bertz CT molecular complexity index is 2130. The predicted octanol–water partition coefficient (Wildman–Crippen LogP) is 14.1. The van der Waals surface area contributed by atoms with Crippen LogP contribution in [-0.4, -0.2) is 0 Å². The normalized spacial score (nSPS) is 37.5. The van der Waals surface area contributed by atoms with E-state index < -0.39 is 0 Å². The summed E-state index contributed by atoms with van der Waals surface area (Å²) in [6, 6.07) is 19.1. The van der Waals surface area contributed by atoms with Gasteiger partial charge in [0.25, 0.3) is 0 Å². The molecule has 12 fully saturated rings. The molecule has 12 aliphatic carbocycles. The fraction of sp³-hybridized carbons (Fsp3) is 0.579. The van der Waals surface area contributed by atoms with Crippen molar-refractivity contribution in [2.24, 2.45) is 53.3 Å². The smallest absolute Gasteiger partial charge is 0.142 e. The predicted molar refractivity (Wildman–Crippen MR) is 253 cm³/mol. The van der Waals surface area contributed by atoms with Gasteiger partial charge in [-0.2, -0.15) is 0 Å². The molecular weight excluding hydrogens is 775 g/mol. The third kappa shape index (κ3) is 6.21. The van der Waals surface area contributed by atoms with Crippen LogP contribution in [0.1, 0.15) is 149 Å². The standard InChI is InChI=1S/C57H69N3O3/c1-31-4-7-43(19-46(31)58)61-52-49(55-22-34-10-35(23-55)12-36(11-34)24-55)53(62-44-8-5-32(2)47(59)20-44)51(57-28-40-16-41(29-57)18-42(17-40)30-57)54(63-45-9-6-33(3)48(60)21-45)50(52)56-25-37-13-38(26-56)15-39(14-37)27-56/h4-9,19-21,34-42H,10-18,22-30,58-60H2,1-3H3. The Balaban J connectivity index is 1.18. The van der Waals surface area contributed by atoms with Gasteiger partial charge in [-0.15, -0.1) is 0 Å². The van der Waals surface area contributed by atoms with Crippen LogP contribution in [0.25, 0.3) is 0 Å². The van der Waals surface area contributed by atoms with Crippen LogP contribution in [0.15, 0.2) is 54.6 Å². The minimum absolute atomic E-state index is 0.0627. The largest absolute Gasteiger partial charge is 0.456 e. The summed E-state index contributed by atoms with van der Waals surface area (Å²) in [6.45, 7) is 6.29. The summed E-state index contributed by atoms with van der Waals surface area (Å²) >= 11 is 0. The van der Waals surface area contributed by atoms with Gasteiger partial charge < -0.3 is 31.4 Å². The molecule has 4 aromatic rings. The van der Waals surface area contributed by atoms with Gasteiger partial charge in [-0.3, -0.25) is 0 Å². The molecular formula is C57H69N3O3. The molecule has 6 heteroatoms. The fourth-order valence-electron chi connectivity index (χ4n) is 18.1. The van der Waals surface area contributed by atoms with Crippen molar-refractivity contribution in [1.82, 2.24) is 0 Å². The molecule has 16 rings (SSSR count). The first-order valence-electron chi connectivity index (χ1n) is 25.3. The second-order valence-electron chi connectivity index (χ2n) is 24.1. The van der Waals surface area contributed by atoms with Crippen molar-refractivity contribution >= 4 is 17.1 Å². The minimum atomic E-state index is -0.0627. The highest BCUT2D eigenvalue weighted by molar-refractivity contribution is 5.73. The zero-order chi connectivity index (χ0) is 42.6. The summed E-state index contributed by atoms with van der Waals surface area (Å²) in [7, 11) is 0. The molecule has 0 spiro atoms. The number of anilines is 3. The van der Waals surface area contributed by atoms with E-state index in [0.717, 1.165) is 122 Å². The lowest BCUT2D eigenvalue weighted by atomic mass is 9.44. The van der Waals surface area contributed by atoms with Crippen molar-refractivity contribution in [1.29, 1.82) is 0 Å². The van der Waals surface area contributed by atoms with Crippen LogP contribution >= 0.6 is 0 Å². The molecule has 0 amide bonds. The average molecular weight is 844 g/mol. The van der Waals surface area contributed by atoms with Crippen molar-refractivity contribution in [2.75, 3.05) is 17.2 Å². The number of hydrogen-bond donors (Lipinski definition) is 3. The maximum atomic E-state index is 7.88. The summed E-state index contributed by atoms with van der Waals surface area (Å²) in [4.78, 5) is 0. The van der Waals surface area contributed by atoms with E-state index in [1.54, 1.807) is 0 Å². The van der Waals surface area contributed by atoms with Crippen LogP contribution in [0.3, 0.4) is 0 Å². The van der Waals surface area contributed by atoms with Crippen molar-refractivity contribution < 1.29 is 14.2 Å². The van der Waals surface area contributed by atoms with E-state index in [2.05, 4.69) is 75.4 Å². The molecule has 330 valence electrons. The maximum Gasteiger partial charge on any atom is 0.142 e. The number of nitrogen functional groups attached to an aromatic ring is 3. The van der Waals surface area contributed by atoms with E-state index in [9.17, 15) is 0 Å². The molecule has 0 radical (unpaired) electrons. The number of rotatable bonds is 9. The molecule has 6 N–H and O–H groups in total. The molecule has 0 aliphatic heterocycles. The van der Waals surface area contributed by atoms with Crippen LogP contribution in [0.2, 0.25) is 0 Å². The van der Waals surface area contributed by atoms with Crippen LogP contribution in [0, 0.1) is 74.0 Å². The molecule has 63 heavy (non-hydrogen) atoms. The molecule has 0 saturated heterocycles. The Kier molecular flexibility index (Phi) is 8.59. The van der Waals surface area contributed by atoms with Gasteiger partial charge in [-0.1, -0.05) is 18.2 Å². The van der Waals surface area contributed by atoms with Crippen LogP contribution < -0.4 is 31.4 Å². The van der Waals surface area contributed by atoms with Crippen LogP contribution in [-0.2, 0) is 16.2 Å². The number of nitrogens with two attached hydrogens (primary N) is 3. The Morgan fingerprint density at radius 3 is 0.746 bits per heavy atom. The lowest BCUT2D eigenvalue weighted by Gasteiger charge is -2.61. The Morgan fingerprint density at radius 2 is 0.556 bits per heavy atom.